The number of hydrogen-bond acceptors (Lipinski definition) is 9. The minimum Gasteiger partial charge on any atom is -0.491 e. The highest BCUT2D eigenvalue weighted by Crippen LogP contribution is 2.32. The van der Waals surface area contributed by atoms with Crippen molar-refractivity contribution in [2.45, 2.75) is 39.0 Å². The molecule has 5 aromatic rings. The molecule has 0 atom stereocenters. The number of H-pyrrole nitrogens is 1. The molecule has 0 aliphatic carbocycles. The molecule has 0 fully saturated rings. The number of amides is 1. The molecule has 11 nitrogen and oxygen atoms in total. The third-order valence-corrected chi connectivity index (χ3v) is 9.68. The molecule has 5 N–H and O–H groups in total. The summed E-state index contributed by atoms with van der Waals surface area (Å²) in [6.07, 6.45) is 1.68. The number of nitrogens with zero attached hydrogens (tertiary/aromatic N) is 3. The SMILES string of the molecule is Cc1cccc(-c2[nH]c(CNc3ccc(Br)c(C(=O)NS(=O)(=O)C(C)(C)C)c3)nc2-c2ccc3ncc(OCCN)cc3c2)n1. The molecule has 0 saturated heterocycles. The number of fused-ring (bicyclic) bond motifs is 1. The number of hydrogen-bond donors (Lipinski definition) is 4. The monoisotopic (exact) mass is 691 g/mol. The van der Waals surface area contributed by atoms with E-state index in [0.717, 1.165) is 33.5 Å². The molecule has 5 rings (SSSR count). The Hall–Kier alpha value is -4.33. The van der Waals surface area contributed by atoms with E-state index in [-0.39, 0.29) is 12.1 Å². The number of aromatic nitrogens is 4. The van der Waals surface area contributed by atoms with E-state index in [9.17, 15) is 13.2 Å². The van der Waals surface area contributed by atoms with Crippen LogP contribution in [-0.2, 0) is 16.6 Å². The van der Waals surface area contributed by atoms with Crippen LogP contribution in [0.25, 0.3) is 33.5 Å². The molecule has 45 heavy (non-hydrogen) atoms. The van der Waals surface area contributed by atoms with Crippen LogP contribution >= 0.6 is 15.9 Å². The molecule has 2 aromatic carbocycles. The van der Waals surface area contributed by atoms with E-state index < -0.39 is 20.7 Å². The Morgan fingerprint density at radius 1 is 1.07 bits per heavy atom. The maximum absolute atomic E-state index is 12.9. The number of rotatable bonds is 10. The fraction of sp³-hybridized carbons (Fsp3) is 0.250. The van der Waals surface area contributed by atoms with Gasteiger partial charge in [-0.3, -0.25) is 14.8 Å². The molecule has 0 radical (unpaired) electrons. The van der Waals surface area contributed by atoms with Gasteiger partial charge in [0.15, 0.2) is 0 Å². The van der Waals surface area contributed by atoms with Crippen LogP contribution in [0.2, 0.25) is 0 Å². The van der Waals surface area contributed by atoms with Gasteiger partial charge in [0.1, 0.15) is 18.2 Å². The molecule has 0 saturated carbocycles. The first-order valence-electron chi connectivity index (χ1n) is 14.2. The van der Waals surface area contributed by atoms with Crippen molar-refractivity contribution in [2.24, 2.45) is 5.73 Å². The van der Waals surface area contributed by atoms with E-state index in [2.05, 4.69) is 35.9 Å². The molecule has 0 bridgehead atoms. The van der Waals surface area contributed by atoms with Gasteiger partial charge < -0.3 is 20.8 Å². The Labute approximate surface area is 270 Å². The molecule has 234 valence electrons. The number of aromatic amines is 1. The van der Waals surface area contributed by atoms with Crippen molar-refractivity contribution in [3.05, 3.63) is 88.4 Å². The van der Waals surface area contributed by atoms with Crippen LogP contribution in [0, 0.1) is 6.92 Å². The highest BCUT2D eigenvalue weighted by Gasteiger charge is 2.31. The predicted molar refractivity (Wildman–Crippen MR) is 179 cm³/mol. The number of nitrogens with one attached hydrogen (secondary N) is 3. The van der Waals surface area contributed by atoms with Crippen LogP contribution in [0.15, 0.2) is 71.3 Å². The maximum atomic E-state index is 12.9. The lowest BCUT2D eigenvalue weighted by Crippen LogP contribution is -2.42. The van der Waals surface area contributed by atoms with Crippen LogP contribution in [0.5, 0.6) is 5.75 Å². The van der Waals surface area contributed by atoms with Gasteiger partial charge in [0, 0.05) is 33.3 Å². The fourth-order valence-corrected chi connectivity index (χ4v) is 5.51. The summed E-state index contributed by atoms with van der Waals surface area (Å²) in [4.78, 5) is 30.5. The predicted octanol–water partition coefficient (Wildman–Crippen LogP) is 5.57. The number of sulfonamides is 1. The lowest BCUT2D eigenvalue weighted by molar-refractivity contribution is 0.0980. The van der Waals surface area contributed by atoms with E-state index >= 15 is 0 Å². The average Bonchev–Trinajstić information content (AvgIpc) is 3.43. The van der Waals surface area contributed by atoms with Crippen molar-refractivity contribution in [3.63, 3.8) is 0 Å². The van der Waals surface area contributed by atoms with Gasteiger partial charge in [0.25, 0.3) is 5.91 Å². The molecule has 0 unspecified atom stereocenters. The summed E-state index contributed by atoms with van der Waals surface area (Å²) in [7, 11) is -3.89. The van der Waals surface area contributed by atoms with Crippen molar-refractivity contribution >= 4 is 48.5 Å². The van der Waals surface area contributed by atoms with E-state index in [1.807, 2.05) is 49.4 Å². The summed E-state index contributed by atoms with van der Waals surface area (Å²) < 4.78 is 32.3. The summed E-state index contributed by atoms with van der Waals surface area (Å²) in [5.74, 6) is 0.540. The van der Waals surface area contributed by atoms with E-state index in [1.54, 1.807) is 24.4 Å². The summed E-state index contributed by atoms with van der Waals surface area (Å²) in [5, 5.41) is 4.18. The number of benzene rings is 2. The smallest absolute Gasteiger partial charge is 0.265 e. The van der Waals surface area contributed by atoms with Crippen LogP contribution in [0.1, 0.15) is 42.6 Å². The first-order chi connectivity index (χ1) is 21.3. The third-order valence-electron chi connectivity index (χ3n) is 6.92. The van der Waals surface area contributed by atoms with Gasteiger partial charge in [-0.2, -0.15) is 0 Å². The molecule has 1 amide bonds. The van der Waals surface area contributed by atoms with Crippen molar-refractivity contribution in [1.29, 1.82) is 0 Å². The second kappa shape index (κ2) is 13.0. The van der Waals surface area contributed by atoms with Crippen molar-refractivity contribution < 1.29 is 17.9 Å². The Bertz CT molecular complexity index is 1990. The number of nitrogens with two attached hydrogens (primary N) is 1. The lowest BCUT2D eigenvalue weighted by atomic mass is 10.1. The normalized spacial score (nSPS) is 11.9. The first-order valence-corrected chi connectivity index (χ1v) is 16.5. The molecule has 0 spiro atoms. The van der Waals surface area contributed by atoms with E-state index in [4.69, 9.17) is 20.4 Å². The number of carbonyl (C=O) groups excluding carboxylic acids is 1. The minimum absolute atomic E-state index is 0.178. The number of pyridine rings is 2. The number of anilines is 1. The van der Waals surface area contributed by atoms with Gasteiger partial charge in [-0.15, -0.1) is 0 Å². The van der Waals surface area contributed by atoms with Crippen LogP contribution < -0.4 is 20.5 Å². The number of ether oxygens (including phenoxy) is 1. The van der Waals surface area contributed by atoms with Crippen LogP contribution in [0.3, 0.4) is 0 Å². The Balaban J connectivity index is 1.45. The quantitative estimate of drug-likeness (QED) is 0.147. The zero-order valence-electron chi connectivity index (χ0n) is 25.3. The average molecular weight is 693 g/mol. The van der Waals surface area contributed by atoms with Gasteiger partial charge in [-0.05, 0) is 92.2 Å². The van der Waals surface area contributed by atoms with E-state index in [0.29, 0.717) is 40.6 Å². The van der Waals surface area contributed by atoms with E-state index in [1.165, 1.54) is 20.8 Å². The molecule has 0 aliphatic rings. The largest absolute Gasteiger partial charge is 0.491 e. The van der Waals surface area contributed by atoms with Crippen LogP contribution in [0.4, 0.5) is 5.69 Å². The first kappa shape index (κ1) is 32.1. The minimum atomic E-state index is -3.89. The zero-order valence-corrected chi connectivity index (χ0v) is 27.7. The zero-order chi connectivity index (χ0) is 32.4. The van der Waals surface area contributed by atoms with Crippen molar-refractivity contribution in [3.8, 4) is 28.4 Å². The van der Waals surface area contributed by atoms with Gasteiger partial charge >= 0.3 is 0 Å². The lowest BCUT2D eigenvalue weighted by Gasteiger charge is -2.20. The standard InChI is InChI=1S/C32H34BrN7O4S/c1-19-6-5-7-27(37-19)30-29(20-8-11-26-21(14-20)15-23(17-36-26)44-13-12-34)38-28(39-30)18-35-22-9-10-25(33)24(16-22)31(41)40-45(42,43)32(2,3)4/h5-11,14-17,35H,12-13,18,34H2,1-4H3,(H,38,39)(H,40,41). The van der Waals surface area contributed by atoms with Gasteiger partial charge in [-0.1, -0.05) is 12.1 Å². The second-order valence-electron chi connectivity index (χ2n) is 11.4. The van der Waals surface area contributed by atoms with Crippen molar-refractivity contribution in [2.75, 3.05) is 18.5 Å². The Kier molecular flexibility index (Phi) is 9.23. The topological polar surface area (TPSA) is 165 Å². The Morgan fingerprint density at radius 3 is 2.60 bits per heavy atom. The molecule has 0 aliphatic heterocycles. The number of carbonyl (C=O) groups is 1. The van der Waals surface area contributed by atoms with Gasteiger partial charge in [0.2, 0.25) is 10.0 Å². The molecule has 3 heterocycles. The summed E-state index contributed by atoms with van der Waals surface area (Å²) in [6.45, 7) is 7.59. The number of halogens is 1. The van der Waals surface area contributed by atoms with Gasteiger partial charge in [0.05, 0.1) is 45.7 Å². The maximum Gasteiger partial charge on any atom is 0.265 e. The third kappa shape index (κ3) is 7.32. The summed E-state index contributed by atoms with van der Waals surface area (Å²) >= 11 is 3.36. The highest BCUT2D eigenvalue weighted by molar-refractivity contribution is 9.10. The summed E-state index contributed by atoms with van der Waals surface area (Å²) in [6, 6.07) is 18.7. The fourth-order valence-electron chi connectivity index (χ4n) is 4.42. The number of aryl methyl sites for hydroxylation is 1. The van der Waals surface area contributed by atoms with Gasteiger partial charge in [-0.25, -0.2) is 18.1 Å². The molecule has 3 aromatic heterocycles. The van der Waals surface area contributed by atoms with Crippen LogP contribution in [-0.4, -0.2) is 52.2 Å². The Morgan fingerprint density at radius 2 is 1.87 bits per heavy atom. The second-order valence-corrected chi connectivity index (χ2v) is 14.7. The molecular formula is C32H34BrN7O4S. The highest BCUT2D eigenvalue weighted by atomic mass is 79.9. The number of imidazole rings is 1. The van der Waals surface area contributed by atoms with Crippen molar-refractivity contribution in [1.82, 2.24) is 24.7 Å². The summed E-state index contributed by atoms with van der Waals surface area (Å²) in [5.41, 5.74) is 11.1. The molecular weight excluding hydrogens is 658 g/mol. The molecule has 13 heteroatoms.